The molecule has 1 heteroatoms. The van der Waals surface area contributed by atoms with Gasteiger partial charge < -0.3 is 5.32 Å². The Balaban J connectivity index is 2.06. The molecule has 1 aliphatic carbocycles. The van der Waals surface area contributed by atoms with E-state index in [2.05, 4.69) is 43.4 Å². The highest BCUT2D eigenvalue weighted by atomic mass is 14.9. The molecule has 0 unspecified atom stereocenters. The molecule has 1 atom stereocenters. The summed E-state index contributed by atoms with van der Waals surface area (Å²) in [4.78, 5) is 0. The summed E-state index contributed by atoms with van der Waals surface area (Å²) in [5, 5.41) is 3.62. The maximum atomic E-state index is 3.62. The molecular weight excluding hydrogens is 170 g/mol. The van der Waals surface area contributed by atoms with E-state index < -0.39 is 0 Å². The van der Waals surface area contributed by atoms with E-state index in [1.807, 2.05) is 0 Å². The minimum Gasteiger partial charge on any atom is -0.382 e. The van der Waals surface area contributed by atoms with Crippen molar-refractivity contribution < 1.29 is 0 Å². The molecule has 0 spiro atoms. The lowest BCUT2D eigenvalue weighted by Crippen LogP contribution is -2.18. The number of hydrogen-bond acceptors (Lipinski definition) is 1. The molecule has 2 rings (SSSR count). The molecule has 0 aliphatic heterocycles. The van der Waals surface area contributed by atoms with Gasteiger partial charge in [-0.15, -0.1) is 0 Å². The lowest BCUT2D eigenvalue weighted by molar-refractivity contribution is 0.693. The number of hydrogen-bond donors (Lipinski definition) is 1. The summed E-state index contributed by atoms with van der Waals surface area (Å²) in [5.74, 6) is 0.917. The predicted octanol–water partition coefficient (Wildman–Crippen LogP) is 3.46. The second kappa shape index (κ2) is 4.04. The van der Waals surface area contributed by atoms with E-state index in [9.17, 15) is 0 Å². The summed E-state index contributed by atoms with van der Waals surface area (Å²) >= 11 is 0. The molecule has 76 valence electrons. The molecule has 0 heterocycles. The van der Waals surface area contributed by atoms with Crippen molar-refractivity contribution in [3.05, 3.63) is 29.8 Å². The van der Waals surface area contributed by atoms with E-state index in [1.165, 1.54) is 24.1 Å². The normalized spacial score (nSPS) is 17.9. The van der Waals surface area contributed by atoms with E-state index in [0.717, 1.165) is 12.3 Å². The number of nitrogens with one attached hydrogen (secondary N) is 1. The predicted molar refractivity (Wildman–Crippen MR) is 61.6 cm³/mol. The first-order chi connectivity index (χ1) is 6.81. The summed E-state index contributed by atoms with van der Waals surface area (Å²) in [6.07, 6.45) is 3.92. The van der Waals surface area contributed by atoms with Crippen LogP contribution in [-0.4, -0.2) is 6.04 Å². The third-order valence-corrected chi connectivity index (χ3v) is 3.11. The summed E-state index contributed by atoms with van der Waals surface area (Å²) < 4.78 is 0. The number of rotatable bonds is 4. The Morgan fingerprint density at radius 2 is 2.07 bits per heavy atom. The third kappa shape index (κ3) is 2.09. The van der Waals surface area contributed by atoms with Crippen molar-refractivity contribution >= 4 is 5.69 Å². The zero-order chi connectivity index (χ0) is 9.97. The zero-order valence-electron chi connectivity index (χ0n) is 9.09. The maximum absolute atomic E-state index is 3.62. The summed E-state index contributed by atoms with van der Waals surface area (Å²) in [7, 11) is 0. The van der Waals surface area contributed by atoms with Gasteiger partial charge in [0, 0.05) is 11.7 Å². The van der Waals surface area contributed by atoms with Crippen LogP contribution in [-0.2, 0) is 6.42 Å². The van der Waals surface area contributed by atoms with Crippen molar-refractivity contribution in [1.82, 2.24) is 0 Å². The second-order valence-electron chi connectivity index (χ2n) is 4.28. The highest BCUT2D eigenvalue weighted by Gasteiger charge is 2.27. The van der Waals surface area contributed by atoms with Crippen LogP contribution in [0.25, 0.3) is 0 Å². The molecular formula is C13H19N. The molecule has 1 nitrogen and oxygen atoms in total. The van der Waals surface area contributed by atoms with Crippen LogP contribution in [0.2, 0.25) is 0 Å². The first-order valence-electron chi connectivity index (χ1n) is 5.65. The molecule has 0 radical (unpaired) electrons. The van der Waals surface area contributed by atoms with Gasteiger partial charge >= 0.3 is 0 Å². The lowest BCUT2D eigenvalue weighted by atomic mass is 10.1. The van der Waals surface area contributed by atoms with Crippen LogP contribution in [0, 0.1) is 5.92 Å². The van der Waals surface area contributed by atoms with Crippen molar-refractivity contribution in [2.24, 2.45) is 5.92 Å². The van der Waals surface area contributed by atoms with Gasteiger partial charge in [-0.2, -0.15) is 0 Å². The highest BCUT2D eigenvalue weighted by Crippen LogP contribution is 2.34. The fourth-order valence-electron chi connectivity index (χ4n) is 1.93. The largest absolute Gasteiger partial charge is 0.382 e. The Labute approximate surface area is 86.5 Å². The van der Waals surface area contributed by atoms with Crippen LogP contribution in [0.5, 0.6) is 0 Å². The van der Waals surface area contributed by atoms with E-state index >= 15 is 0 Å². The van der Waals surface area contributed by atoms with Gasteiger partial charge in [0.1, 0.15) is 0 Å². The molecule has 1 fully saturated rings. The molecule has 0 aromatic heterocycles. The molecule has 14 heavy (non-hydrogen) atoms. The quantitative estimate of drug-likeness (QED) is 0.765. The van der Waals surface area contributed by atoms with Gasteiger partial charge in [-0.1, -0.05) is 25.1 Å². The molecule has 1 aliphatic rings. The number of aryl methyl sites for hydroxylation is 1. The fraction of sp³-hybridized carbons (Fsp3) is 0.538. The van der Waals surface area contributed by atoms with Gasteiger partial charge in [-0.05, 0) is 43.7 Å². The van der Waals surface area contributed by atoms with Gasteiger partial charge in [0.15, 0.2) is 0 Å². The van der Waals surface area contributed by atoms with Crippen molar-refractivity contribution in [2.45, 2.75) is 39.2 Å². The molecule has 1 saturated carbocycles. The van der Waals surface area contributed by atoms with Crippen LogP contribution in [0.15, 0.2) is 24.3 Å². The van der Waals surface area contributed by atoms with Gasteiger partial charge in [0.2, 0.25) is 0 Å². The van der Waals surface area contributed by atoms with E-state index in [-0.39, 0.29) is 0 Å². The monoisotopic (exact) mass is 189 g/mol. The van der Waals surface area contributed by atoms with Crippen LogP contribution in [0.1, 0.15) is 32.3 Å². The fourth-order valence-corrected chi connectivity index (χ4v) is 1.93. The van der Waals surface area contributed by atoms with Crippen LogP contribution in [0.4, 0.5) is 5.69 Å². The number of anilines is 1. The zero-order valence-corrected chi connectivity index (χ0v) is 9.09. The van der Waals surface area contributed by atoms with Crippen LogP contribution < -0.4 is 5.32 Å². The van der Waals surface area contributed by atoms with Crippen molar-refractivity contribution in [2.75, 3.05) is 5.32 Å². The van der Waals surface area contributed by atoms with E-state index in [0.29, 0.717) is 6.04 Å². The van der Waals surface area contributed by atoms with E-state index in [4.69, 9.17) is 0 Å². The van der Waals surface area contributed by atoms with Gasteiger partial charge in [-0.25, -0.2) is 0 Å². The van der Waals surface area contributed by atoms with Crippen LogP contribution >= 0.6 is 0 Å². The summed E-state index contributed by atoms with van der Waals surface area (Å²) in [5.41, 5.74) is 2.76. The van der Waals surface area contributed by atoms with Crippen molar-refractivity contribution in [1.29, 1.82) is 0 Å². The van der Waals surface area contributed by atoms with Crippen molar-refractivity contribution in [3.63, 3.8) is 0 Å². The minimum absolute atomic E-state index is 0.641. The summed E-state index contributed by atoms with van der Waals surface area (Å²) in [6, 6.07) is 9.27. The second-order valence-corrected chi connectivity index (χ2v) is 4.28. The Kier molecular flexibility index (Phi) is 2.76. The van der Waals surface area contributed by atoms with Gasteiger partial charge in [0.05, 0.1) is 0 Å². The number of para-hydroxylation sites is 1. The highest BCUT2D eigenvalue weighted by molar-refractivity contribution is 5.51. The average molecular weight is 189 g/mol. The molecule has 1 aromatic carbocycles. The Bertz CT molecular complexity index is 302. The molecule has 0 saturated heterocycles. The average Bonchev–Trinajstić information content (AvgIpc) is 3.02. The number of benzene rings is 1. The Morgan fingerprint density at radius 3 is 2.71 bits per heavy atom. The molecule has 0 amide bonds. The standard InChI is InChI=1S/C13H19N/c1-3-11-6-4-5-7-13(11)14-10(2)12-8-9-12/h4-7,10,12,14H,3,8-9H2,1-2H3/t10-/m0/s1. The lowest BCUT2D eigenvalue weighted by Gasteiger charge is -2.16. The summed E-state index contributed by atoms with van der Waals surface area (Å²) in [6.45, 7) is 4.51. The third-order valence-electron chi connectivity index (χ3n) is 3.11. The SMILES string of the molecule is CCc1ccccc1N[C@@H](C)C1CC1. The Hall–Kier alpha value is -0.980. The van der Waals surface area contributed by atoms with E-state index in [1.54, 1.807) is 0 Å². The molecule has 1 N–H and O–H groups in total. The van der Waals surface area contributed by atoms with Crippen molar-refractivity contribution in [3.8, 4) is 0 Å². The van der Waals surface area contributed by atoms with Gasteiger partial charge in [0.25, 0.3) is 0 Å². The van der Waals surface area contributed by atoms with Crippen LogP contribution in [0.3, 0.4) is 0 Å². The minimum atomic E-state index is 0.641. The Morgan fingerprint density at radius 1 is 1.36 bits per heavy atom. The molecule has 0 bridgehead atoms. The van der Waals surface area contributed by atoms with Gasteiger partial charge in [-0.3, -0.25) is 0 Å². The first-order valence-corrected chi connectivity index (χ1v) is 5.65. The topological polar surface area (TPSA) is 12.0 Å². The maximum Gasteiger partial charge on any atom is 0.0374 e. The molecule has 1 aromatic rings. The first kappa shape index (κ1) is 9.57. The smallest absolute Gasteiger partial charge is 0.0374 e.